The molecule has 1 unspecified atom stereocenters. The van der Waals surface area contributed by atoms with Crippen molar-refractivity contribution in [1.82, 2.24) is 19.8 Å². The van der Waals surface area contributed by atoms with Crippen LogP contribution < -0.4 is 10.0 Å². The quantitative estimate of drug-likeness (QED) is 0.428. The van der Waals surface area contributed by atoms with Crippen LogP contribution in [0.4, 0.5) is 13.2 Å². The minimum absolute atomic E-state index is 0.00639. The molecule has 0 saturated heterocycles. The maximum atomic E-state index is 13.3. The molecule has 0 radical (unpaired) electrons. The predicted octanol–water partition coefficient (Wildman–Crippen LogP) is 4.67. The standard InChI is InChI=1S/C22H21Cl2F3N4O3S/c1-13(14-6-7-15(19(24)8-14)11-29-35(2,33)34)21(32)28-12-18-10-20(22(25,26)27)30-31(18)17-5-3-4-16(23)9-17/h3-10,13,29H,11-12H2,1-2H3,(H,28,32). The number of sulfonamides is 1. The highest BCUT2D eigenvalue weighted by atomic mass is 35.5. The number of nitrogens with zero attached hydrogens (tertiary/aromatic N) is 2. The number of alkyl halides is 3. The van der Waals surface area contributed by atoms with Crippen molar-refractivity contribution in [3.63, 3.8) is 0 Å². The van der Waals surface area contributed by atoms with Gasteiger partial charge in [-0.05, 0) is 48.4 Å². The maximum absolute atomic E-state index is 13.3. The summed E-state index contributed by atoms with van der Waals surface area (Å²) in [4.78, 5) is 12.8. The lowest BCUT2D eigenvalue weighted by Crippen LogP contribution is -2.28. The molecule has 3 rings (SSSR count). The van der Waals surface area contributed by atoms with Crippen molar-refractivity contribution in [2.45, 2.75) is 32.1 Å². The van der Waals surface area contributed by atoms with Crippen molar-refractivity contribution in [3.8, 4) is 5.69 Å². The summed E-state index contributed by atoms with van der Waals surface area (Å²) in [5.74, 6) is -1.13. The van der Waals surface area contributed by atoms with Gasteiger partial charge in [0.05, 0.1) is 30.1 Å². The van der Waals surface area contributed by atoms with Crippen molar-refractivity contribution < 1.29 is 26.4 Å². The Morgan fingerprint density at radius 2 is 1.83 bits per heavy atom. The van der Waals surface area contributed by atoms with Gasteiger partial charge >= 0.3 is 6.18 Å². The molecule has 2 N–H and O–H groups in total. The first-order valence-electron chi connectivity index (χ1n) is 10.2. The second-order valence-corrected chi connectivity index (χ2v) is 10.5. The normalized spacial score (nSPS) is 13.0. The molecule has 0 aliphatic heterocycles. The highest BCUT2D eigenvalue weighted by molar-refractivity contribution is 7.88. The molecule has 1 amide bonds. The highest BCUT2D eigenvalue weighted by Crippen LogP contribution is 2.30. The molecule has 35 heavy (non-hydrogen) atoms. The third-order valence-corrected chi connectivity index (χ3v) is 6.32. The Balaban J connectivity index is 1.76. The molecule has 2 aromatic carbocycles. The first-order valence-corrected chi connectivity index (χ1v) is 12.8. The van der Waals surface area contributed by atoms with Gasteiger partial charge in [-0.1, -0.05) is 41.4 Å². The van der Waals surface area contributed by atoms with E-state index in [1.807, 2.05) is 0 Å². The number of aromatic nitrogens is 2. The average molecular weight is 549 g/mol. The molecule has 188 valence electrons. The summed E-state index contributed by atoms with van der Waals surface area (Å²) >= 11 is 12.2. The molecule has 0 aliphatic carbocycles. The second-order valence-electron chi connectivity index (χ2n) is 7.79. The van der Waals surface area contributed by atoms with Gasteiger partial charge < -0.3 is 5.32 Å². The molecule has 0 fully saturated rings. The zero-order valence-electron chi connectivity index (χ0n) is 18.5. The maximum Gasteiger partial charge on any atom is 0.435 e. The number of hydrogen-bond donors (Lipinski definition) is 2. The third kappa shape index (κ3) is 7.20. The van der Waals surface area contributed by atoms with Crippen LogP contribution in [0.2, 0.25) is 10.0 Å². The molecule has 3 aromatic rings. The second kappa shape index (κ2) is 10.6. The van der Waals surface area contributed by atoms with E-state index in [2.05, 4.69) is 15.1 Å². The molecule has 1 aromatic heterocycles. The summed E-state index contributed by atoms with van der Waals surface area (Å²) in [6, 6.07) is 11.8. The minimum Gasteiger partial charge on any atom is -0.350 e. The fourth-order valence-electron chi connectivity index (χ4n) is 3.18. The predicted molar refractivity (Wildman–Crippen MR) is 127 cm³/mol. The topological polar surface area (TPSA) is 93.1 Å². The van der Waals surface area contributed by atoms with E-state index < -0.39 is 33.7 Å². The number of carbonyl (C=O) groups is 1. The third-order valence-electron chi connectivity index (χ3n) is 5.07. The Morgan fingerprint density at radius 3 is 2.43 bits per heavy atom. The van der Waals surface area contributed by atoms with E-state index in [1.54, 1.807) is 43.3 Å². The molecule has 0 aliphatic rings. The van der Waals surface area contributed by atoms with Crippen LogP contribution in [0, 0.1) is 0 Å². The summed E-state index contributed by atoms with van der Waals surface area (Å²) in [5, 5.41) is 6.87. The van der Waals surface area contributed by atoms with Crippen LogP contribution in [0.25, 0.3) is 5.69 Å². The Kier molecular flexibility index (Phi) is 8.15. The van der Waals surface area contributed by atoms with E-state index in [0.717, 1.165) is 17.0 Å². The number of halogens is 5. The molecule has 1 heterocycles. The molecule has 0 bridgehead atoms. The van der Waals surface area contributed by atoms with Gasteiger partial charge in [-0.3, -0.25) is 4.79 Å². The molecular weight excluding hydrogens is 528 g/mol. The summed E-state index contributed by atoms with van der Waals surface area (Å²) in [7, 11) is -3.40. The van der Waals surface area contributed by atoms with E-state index in [9.17, 15) is 26.4 Å². The van der Waals surface area contributed by atoms with Gasteiger partial charge in [0.1, 0.15) is 0 Å². The van der Waals surface area contributed by atoms with Crippen LogP contribution in [-0.4, -0.2) is 30.4 Å². The largest absolute Gasteiger partial charge is 0.435 e. The van der Waals surface area contributed by atoms with Crippen molar-refractivity contribution in [2.24, 2.45) is 0 Å². The lowest BCUT2D eigenvalue weighted by atomic mass is 9.99. The Morgan fingerprint density at radius 1 is 1.11 bits per heavy atom. The van der Waals surface area contributed by atoms with E-state index in [1.165, 1.54) is 6.07 Å². The van der Waals surface area contributed by atoms with Gasteiger partial charge in [-0.25, -0.2) is 17.8 Å². The van der Waals surface area contributed by atoms with Crippen molar-refractivity contribution >= 4 is 39.1 Å². The summed E-state index contributed by atoms with van der Waals surface area (Å²) in [6.45, 7) is 1.39. The first kappa shape index (κ1) is 27.0. The zero-order valence-corrected chi connectivity index (χ0v) is 20.9. The van der Waals surface area contributed by atoms with Crippen LogP contribution in [0.5, 0.6) is 0 Å². The molecular formula is C22H21Cl2F3N4O3S. The van der Waals surface area contributed by atoms with Gasteiger partial charge in [-0.2, -0.15) is 18.3 Å². The minimum atomic E-state index is -4.67. The molecule has 0 spiro atoms. The zero-order chi connectivity index (χ0) is 26.0. The monoisotopic (exact) mass is 548 g/mol. The molecule has 1 atom stereocenters. The van der Waals surface area contributed by atoms with E-state index in [-0.39, 0.29) is 23.8 Å². The first-order chi connectivity index (χ1) is 16.2. The van der Waals surface area contributed by atoms with E-state index in [4.69, 9.17) is 23.2 Å². The SMILES string of the molecule is CC(C(=O)NCc1cc(C(F)(F)F)nn1-c1cccc(Cl)c1)c1ccc(CNS(C)(=O)=O)c(Cl)c1. The van der Waals surface area contributed by atoms with Crippen molar-refractivity contribution in [2.75, 3.05) is 6.26 Å². The average Bonchev–Trinajstić information content (AvgIpc) is 3.20. The molecule has 13 heteroatoms. The molecule has 7 nitrogen and oxygen atoms in total. The van der Waals surface area contributed by atoms with Crippen LogP contribution in [0.1, 0.15) is 35.4 Å². The number of rotatable bonds is 8. The van der Waals surface area contributed by atoms with E-state index in [0.29, 0.717) is 21.8 Å². The number of carbonyl (C=O) groups excluding carboxylic acids is 1. The lowest BCUT2D eigenvalue weighted by molar-refractivity contribution is -0.141. The molecule has 0 saturated carbocycles. The summed E-state index contributed by atoms with van der Waals surface area (Å²) in [5.41, 5.74) is 0.407. The number of benzene rings is 2. The fraction of sp³-hybridized carbons (Fsp3) is 0.273. The number of hydrogen-bond acceptors (Lipinski definition) is 4. The van der Waals surface area contributed by atoms with E-state index >= 15 is 0 Å². The summed E-state index contributed by atoms with van der Waals surface area (Å²) < 4.78 is 65.8. The van der Waals surface area contributed by atoms with Crippen LogP contribution >= 0.6 is 23.2 Å². The number of nitrogens with one attached hydrogen (secondary N) is 2. The lowest BCUT2D eigenvalue weighted by Gasteiger charge is -2.15. The van der Waals surface area contributed by atoms with Gasteiger partial charge in [0, 0.05) is 16.6 Å². The van der Waals surface area contributed by atoms with Gasteiger partial charge in [0.2, 0.25) is 15.9 Å². The van der Waals surface area contributed by atoms with Crippen molar-refractivity contribution in [3.05, 3.63) is 81.1 Å². The Hall–Kier alpha value is -2.60. The van der Waals surface area contributed by atoms with Gasteiger partial charge in [0.25, 0.3) is 0 Å². The fourth-order valence-corrected chi connectivity index (χ4v) is 4.04. The smallest absolute Gasteiger partial charge is 0.350 e. The highest BCUT2D eigenvalue weighted by Gasteiger charge is 2.35. The van der Waals surface area contributed by atoms with Crippen LogP contribution in [0.15, 0.2) is 48.5 Å². The van der Waals surface area contributed by atoms with Crippen LogP contribution in [0.3, 0.4) is 0 Å². The Bertz CT molecular complexity index is 1340. The summed E-state index contributed by atoms with van der Waals surface area (Å²) in [6.07, 6.45) is -3.64. The number of amides is 1. The van der Waals surface area contributed by atoms with Crippen molar-refractivity contribution in [1.29, 1.82) is 0 Å². The van der Waals surface area contributed by atoms with Crippen LogP contribution in [-0.2, 0) is 34.1 Å². The van der Waals surface area contributed by atoms with Gasteiger partial charge in [-0.15, -0.1) is 0 Å². The van der Waals surface area contributed by atoms with Gasteiger partial charge in [0.15, 0.2) is 5.69 Å². The Labute approximate surface area is 210 Å².